The van der Waals surface area contributed by atoms with E-state index in [1.807, 2.05) is 85.7 Å². The minimum Gasteiger partial charge on any atom is -0.380 e. The number of urea groups is 1. The second-order valence-corrected chi connectivity index (χ2v) is 6.84. The van der Waals surface area contributed by atoms with E-state index in [2.05, 4.69) is 15.8 Å². The van der Waals surface area contributed by atoms with Crippen LogP contribution in [0.3, 0.4) is 0 Å². The molecule has 0 atom stereocenters. The van der Waals surface area contributed by atoms with Crippen LogP contribution >= 0.6 is 0 Å². The number of nitrogens with zero attached hydrogens (tertiary/aromatic N) is 2. The zero-order valence-electron chi connectivity index (χ0n) is 16.1. The molecule has 0 unspecified atom stereocenters. The lowest BCUT2D eigenvalue weighted by molar-refractivity contribution is 0.262. The smallest absolute Gasteiger partial charge is 0.323 e. The molecule has 29 heavy (non-hydrogen) atoms. The van der Waals surface area contributed by atoms with Gasteiger partial charge in [0.1, 0.15) is 0 Å². The van der Waals surface area contributed by atoms with Crippen molar-refractivity contribution in [3.8, 4) is 11.1 Å². The molecule has 146 valence electrons. The van der Waals surface area contributed by atoms with E-state index < -0.39 is 0 Å². The first-order valence-electron chi connectivity index (χ1n) is 9.11. The molecule has 0 saturated heterocycles. The highest BCUT2D eigenvalue weighted by atomic mass is 16.5. The van der Waals surface area contributed by atoms with E-state index in [0.29, 0.717) is 17.1 Å². The van der Waals surface area contributed by atoms with Gasteiger partial charge in [0, 0.05) is 31.2 Å². The van der Waals surface area contributed by atoms with Crippen molar-refractivity contribution in [2.75, 3.05) is 35.4 Å². The third-order valence-electron chi connectivity index (χ3n) is 4.62. The van der Waals surface area contributed by atoms with Gasteiger partial charge in [-0.2, -0.15) is 0 Å². The SMILES string of the molecule is CN(C)c1ccc(NC(=O)Nc2ccc(-c3cccc4onc(N)c34)cc2)cc1. The first-order valence-corrected chi connectivity index (χ1v) is 9.11. The quantitative estimate of drug-likeness (QED) is 0.468. The van der Waals surface area contributed by atoms with Crippen molar-refractivity contribution in [3.05, 3.63) is 66.7 Å². The van der Waals surface area contributed by atoms with Crippen molar-refractivity contribution in [2.45, 2.75) is 0 Å². The van der Waals surface area contributed by atoms with Gasteiger partial charge in [0.15, 0.2) is 11.4 Å². The Labute approximate surface area is 168 Å². The summed E-state index contributed by atoms with van der Waals surface area (Å²) in [5.41, 5.74) is 10.9. The van der Waals surface area contributed by atoms with Crippen molar-refractivity contribution in [1.82, 2.24) is 5.16 Å². The van der Waals surface area contributed by atoms with Crippen molar-refractivity contribution < 1.29 is 9.32 Å². The molecule has 0 radical (unpaired) electrons. The van der Waals surface area contributed by atoms with Crippen LogP contribution in [0.4, 0.5) is 27.7 Å². The molecule has 1 aromatic heterocycles. The summed E-state index contributed by atoms with van der Waals surface area (Å²) in [5, 5.41) is 10.3. The predicted octanol–water partition coefficient (Wildman–Crippen LogP) is 4.79. The summed E-state index contributed by atoms with van der Waals surface area (Å²) in [7, 11) is 3.94. The molecule has 1 heterocycles. The molecule has 4 aromatic rings. The number of carbonyl (C=O) groups excluding carboxylic acids is 1. The number of nitrogens with two attached hydrogens (primary N) is 1. The average molecular weight is 387 g/mol. The number of carbonyl (C=O) groups is 1. The maximum Gasteiger partial charge on any atom is 0.323 e. The Kier molecular flexibility index (Phi) is 4.78. The maximum atomic E-state index is 12.3. The normalized spacial score (nSPS) is 10.7. The van der Waals surface area contributed by atoms with E-state index in [9.17, 15) is 4.79 Å². The highest BCUT2D eigenvalue weighted by molar-refractivity contribution is 6.02. The summed E-state index contributed by atoms with van der Waals surface area (Å²) in [6, 6.07) is 20.5. The van der Waals surface area contributed by atoms with Crippen molar-refractivity contribution in [2.24, 2.45) is 0 Å². The number of rotatable bonds is 4. The van der Waals surface area contributed by atoms with Gasteiger partial charge >= 0.3 is 6.03 Å². The van der Waals surface area contributed by atoms with Crippen LogP contribution in [0.15, 0.2) is 71.3 Å². The third kappa shape index (κ3) is 3.84. The van der Waals surface area contributed by atoms with Crippen molar-refractivity contribution in [1.29, 1.82) is 0 Å². The molecular formula is C22H21N5O2. The fourth-order valence-corrected chi connectivity index (χ4v) is 3.13. The summed E-state index contributed by atoms with van der Waals surface area (Å²) >= 11 is 0. The summed E-state index contributed by atoms with van der Waals surface area (Å²) in [6.45, 7) is 0. The van der Waals surface area contributed by atoms with Crippen molar-refractivity contribution in [3.63, 3.8) is 0 Å². The van der Waals surface area contributed by atoms with Crippen molar-refractivity contribution >= 4 is 39.9 Å². The van der Waals surface area contributed by atoms with Crippen LogP contribution in [0.5, 0.6) is 0 Å². The molecule has 4 rings (SSSR count). The van der Waals surface area contributed by atoms with Gasteiger partial charge in [0.25, 0.3) is 0 Å². The first-order chi connectivity index (χ1) is 14.0. The van der Waals surface area contributed by atoms with E-state index in [1.165, 1.54) is 0 Å². The number of anilines is 4. The summed E-state index contributed by atoms with van der Waals surface area (Å²) in [5.74, 6) is 0.359. The van der Waals surface area contributed by atoms with E-state index >= 15 is 0 Å². The van der Waals surface area contributed by atoms with E-state index in [0.717, 1.165) is 27.9 Å². The molecule has 4 N–H and O–H groups in total. The number of aromatic nitrogens is 1. The number of benzene rings is 3. The highest BCUT2D eigenvalue weighted by Gasteiger charge is 2.11. The zero-order valence-corrected chi connectivity index (χ0v) is 16.1. The maximum absolute atomic E-state index is 12.3. The number of hydrogen-bond acceptors (Lipinski definition) is 5. The molecule has 0 fully saturated rings. The van der Waals surface area contributed by atoms with Crippen LogP contribution in [-0.2, 0) is 0 Å². The number of nitrogen functional groups attached to an aromatic ring is 1. The Morgan fingerprint density at radius 3 is 2.17 bits per heavy atom. The summed E-state index contributed by atoms with van der Waals surface area (Å²) < 4.78 is 5.22. The second-order valence-electron chi connectivity index (χ2n) is 6.84. The Bertz CT molecular complexity index is 1150. The first kappa shape index (κ1) is 18.4. The van der Waals surface area contributed by atoms with Gasteiger partial charge < -0.3 is 25.8 Å². The van der Waals surface area contributed by atoms with Gasteiger partial charge in [-0.1, -0.05) is 29.4 Å². The highest BCUT2D eigenvalue weighted by Crippen LogP contribution is 2.32. The van der Waals surface area contributed by atoms with Gasteiger partial charge in [0.05, 0.1) is 5.39 Å². The number of nitrogens with one attached hydrogen (secondary N) is 2. The van der Waals surface area contributed by atoms with Gasteiger partial charge in [-0.3, -0.25) is 0 Å². The fraction of sp³-hybridized carbons (Fsp3) is 0.0909. The van der Waals surface area contributed by atoms with E-state index in [1.54, 1.807) is 0 Å². The number of hydrogen-bond donors (Lipinski definition) is 3. The molecule has 0 bridgehead atoms. The van der Waals surface area contributed by atoms with Crippen LogP contribution in [0.1, 0.15) is 0 Å². The van der Waals surface area contributed by atoms with Gasteiger partial charge in [0.2, 0.25) is 0 Å². The van der Waals surface area contributed by atoms with E-state index in [-0.39, 0.29) is 6.03 Å². The minimum atomic E-state index is -0.305. The molecule has 0 aliphatic rings. The van der Waals surface area contributed by atoms with Crippen LogP contribution < -0.4 is 21.3 Å². The van der Waals surface area contributed by atoms with Gasteiger partial charge in [-0.15, -0.1) is 0 Å². The lowest BCUT2D eigenvalue weighted by atomic mass is 10.0. The van der Waals surface area contributed by atoms with Crippen LogP contribution in [0.25, 0.3) is 22.1 Å². The summed E-state index contributed by atoms with van der Waals surface area (Å²) in [4.78, 5) is 14.3. The largest absolute Gasteiger partial charge is 0.380 e. The average Bonchev–Trinajstić information content (AvgIpc) is 3.10. The van der Waals surface area contributed by atoms with Crippen LogP contribution in [-0.4, -0.2) is 25.3 Å². The molecule has 0 saturated carbocycles. The van der Waals surface area contributed by atoms with Gasteiger partial charge in [-0.05, 0) is 53.6 Å². The molecular weight excluding hydrogens is 366 g/mol. The number of fused-ring (bicyclic) bond motifs is 1. The minimum absolute atomic E-state index is 0.305. The molecule has 0 spiro atoms. The van der Waals surface area contributed by atoms with Gasteiger partial charge in [-0.25, -0.2) is 4.79 Å². The standard InChI is InChI=1S/C22H21N5O2/c1-27(2)17-12-10-16(11-13-17)25-22(28)24-15-8-6-14(7-9-15)18-4-3-5-19-20(18)21(23)26-29-19/h3-13H,1-2H3,(H2,23,26)(H2,24,25,28). The molecule has 3 aromatic carbocycles. The fourth-order valence-electron chi connectivity index (χ4n) is 3.13. The molecule has 7 nitrogen and oxygen atoms in total. The second kappa shape index (κ2) is 7.55. The Morgan fingerprint density at radius 2 is 1.55 bits per heavy atom. The Hall–Kier alpha value is -4.00. The number of amides is 2. The van der Waals surface area contributed by atoms with Crippen LogP contribution in [0, 0.1) is 0 Å². The zero-order chi connectivity index (χ0) is 20.4. The third-order valence-corrected chi connectivity index (χ3v) is 4.62. The lowest BCUT2D eigenvalue weighted by Crippen LogP contribution is -2.19. The summed E-state index contributed by atoms with van der Waals surface area (Å²) in [6.07, 6.45) is 0. The molecule has 2 amide bonds. The molecule has 0 aliphatic heterocycles. The Balaban J connectivity index is 1.46. The molecule has 7 heteroatoms. The monoisotopic (exact) mass is 387 g/mol. The molecule has 0 aliphatic carbocycles. The lowest BCUT2D eigenvalue weighted by Gasteiger charge is -2.13. The van der Waals surface area contributed by atoms with E-state index in [4.69, 9.17) is 10.3 Å². The Morgan fingerprint density at radius 1 is 0.931 bits per heavy atom. The predicted molar refractivity (Wildman–Crippen MR) is 117 cm³/mol. The van der Waals surface area contributed by atoms with Crippen LogP contribution in [0.2, 0.25) is 0 Å². The topological polar surface area (TPSA) is 96.4 Å².